The average molecular weight is 272 g/mol. The maximum atomic E-state index is 6.26. The minimum absolute atomic E-state index is 0.162. The molecule has 2 aliphatic rings. The zero-order valence-corrected chi connectivity index (χ0v) is 12.9. The summed E-state index contributed by atoms with van der Waals surface area (Å²) < 4.78 is 5.31. The molecule has 0 radical (unpaired) electrons. The molecule has 1 saturated heterocycles. The molecule has 4 heteroatoms. The van der Waals surface area contributed by atoms with Crippen LogP contribution in [0.4, 0.5) is 0 Å². The molecule has 1 aliphatic carbocycles. The summed E-state index contributed by atoms with van der Waals surface area (Å²) in [5.41, 5.74) is 6.73. The Labute approximate surface area is 116 Å². The molecule has 1 atom stereocenters. The fourth-order valence-electron chi connectivity index (χ4n) is 3.24. The molecule has 0 amide bonds. The molecule has 1 heterocycles. The van der Waals surface area contributed by atoms with E-state index in [1.807, 2.05) is 0 Å². The summed E-state index contributed by atoms with van der Waals surface area (Å²) in [6, 6.07) is 0.752. The number of methoxy groups -OCH3 is 1. The predicted octanol–water partition coefficient (Wildman–Crippen LogP) is 1.96. The number of hydrogen-bond acceptors (Lipinski definition) is 4. The molecule has 0 bridgehead atoms. The van der Waals surface area contributed by atoms with Crippen molar-refractivity contribution in [2.45, 2.75) is 44.7 Å². The van der Waals surface area contributed by atoms with Crippen molar-refractivity contribution in [3.05, 3.63) is 0 Å². The van der Waals surface area contributed by atoms with E-state index >= 15 is 0 Å². The normalized spacial score (nSPS) is 31.8. The monoisotopic (exact) mass is 272 g/mol. The number of ether oxygens (including phenoxy) is 1. The van der Waals surface area contributed by atoms with Gasteiger partial charge in [0, 0.05) is 37.5 Å². The molecular weight excluding hydrogens is 244 g/mol. The summed E-state index contributed by atoms with van der Waals surface area (Å²) in [5.74, 6) is 2.45. The summed E-state index contributed by atoms with van der Waals surface area (Å²) in [6.45, 7) is 7.43. The Morgan fingerprint density at radius 2 is 2.11 bits per heavy atom. The zero-order chi connectivity index (χ0) is 13.2. The van der Waals surface area contributed by atoms with Crippen LogP contribution in [0.15, 0.2) is 0 Å². The van der Waals surface area contributed by atoms with Crippen molar-refractivity contribution >= 4 is 11.8 Å². The highest BCUT2D eigenvalue weighted by atomic mass is 32.2. The molecule has 1 aliphatic heterocycles. The Bertz CT molecular complexity index is 281. The van der Waals surface area contributed by atoms with E-state index in [1.54, 1.807) is 7.11 Å². The van der Waals surface area contributed by atoms with Gasteiger partial charge >= 0.3 is 0 Å². The molecule has 2 fully saturated rings. The van der Waals surface area contributed by atoms with Crippen LogP contribution in [-0.2, 0) is 4.74 Å². The summed E-state index contributed by atoms with van der Waals surface area (Å²) in [4.78, 5) is 2.68. The van der Waals surface area contributed by atoms with Crippen LogP contribution in [0.3, 0.4) is 0 Å². The second-order valence-electron chi connectivity index (χ2n) is 6.34. The number of thioether (sulfide) groups is 1. The van der Waals surface area contributed by atoms with Crippen LogP contribution in [0.25, 0.3) is 0 Å². The van der Waals surface area contributed by atoms with Gasteiger partial charge in [0.05, 0.1) is 6.61 Å². The van der Waals surface area contributed by atoms with Gasteiger partial charge in [-0.05, 0) is 30.4 Å². The third kappa shape index (κ3) is 2.58. The molecule has 0 aromatic rings. The van der Waals surface area contributed by atoms with E-state index in [0.717, 1.165) is 25.7 Å². The van der Waals surface area contributed by atoms with Crippen LogP contribution >= 0.6 is 11.8 Å². The Kier molecular flexibility index (Phi) is 4.63. The number of rotatable bonds is 6. The second kappa shape index (κ2) is 5.70. The Hall–Kier alpha value is 0.230. The minimum atomic E-state index is 0.162. The second-order valence-corrected chi connectivity index (χ2v) is 7.44. The summed E-state index contributed by atoms with van der Waals surface area (Å²) in [6.07, 6.45) is 3.95. The van der Waals surface area contributed by atoms with E-state index in [1.165, 1.54) is 30.8 Å². The molecule has 2 rings (SSSR count). The topological polar surface area (TPSA) is 38.5 Å². The molecule has 0 aromatic carbocycles. The highest BCUT2D eigenvalue weighted by Gasteiger charge is 2.53. The van der Waals surface area contributed by atoms with Gasteiger partial charge in [-0.15, -0.1) is 0 Å². The highest BCUT2D eigenvalue weighted by molar-refractivity contribution is 7.99. The molecule has 1 unspecified atom stereocenters. The van der Waals surface area contributed by atoms with Gasteiger partial charge in [0.25, 0.3) is 0 Å². The van der Waals surface area contributed by atoms with Crippen molar-refractivity contribution in [1.82, 2.24) is 4.90 Å². The van der Waals surface area contributed by atoms with Crippen LogP contribution in [0.2, 0.25) is 0 Å². The van der Waals surface area contributed by atoms with Crippen LogP contribution < -0.4 is 5.73 Å². The first-order valence-corrected chi connectivity index (χ1v) is 8.26. The van der Waals surface area contributed by atoms with Crippen molar-refractivity contribution in [3.8, 4) is 0 Å². The van der Waals surface area contributed by atoms with Gasteiger partial charge in [-0.3, -0.25) is 4.90 Å². The molecular formula is C14H28N2OS. The largest absolute Gasteiger partial charge is 0.383 e. The summed E-state index contributed by atoms with van der Waals surface area (Å²) in [7, 11) is 1.79. The van der Waals surface area contributed by atoms with Gasteiger partial charge in [-0.2, -0.15) is 11.8 Å². The van der Waals surface area contributed by atoms with E-state index in [2.05, 4.69) is 30.5 Å². The van der Waals surface area contributed by atoms with Crippen molar-refractivity contribution in [1.29, 1.82) is 0 Å². The first kappa shape index (κ1) is 14.6. The molecule has 18 heavy (non-hydrogen) atoms. The summed E-state index contributed by atoms with van der Waals surface area (Å²) in [5, 5.41) is 0. The lowest BCUT2D eigenvalue weighted by Crippen LogP contribution is -2.66. The maximum absolute atomic E-state index is 6.26. The lowest BCUT2D eigenvalue weighted by atomic mass is 9.69. The molecule has 0 spiro atoms. The van der Waals surface area contributed by atoms with Crippen LogP contribution in [-0.4, -0.2) is 54.8 Å². The van der Waals surface area contributed by atoms with Crippen LogP contribution in [0.1, 0.15) is 33.1 Å². The standard InChI is InChI=1S/C14H28N2OS/c1-13(2)6-9-18-11-14(13,10-15)16(7-8-17-3)12-4-5-12/h12H,4-11,15H2,1-3H3. The minimum Gasteiger partial charge on any atom is -0.383 e. The van der Waals surface area contributed by atoms with E-state index in [0.29, 0.717) is 5.41 Å². The van der Waals surface area contributed by atoms with Gasteiger partial charge in [0.2, 0.25) is 0 Å². The van der Waals surface area contributed by atoms with E-state index in [9.17, 15) is 0 Å². The number of nitrogens with two attached hydrogens (primary N) is 1. The average Bonchev–Trinajstić information content (AvgIpc) is 3.15. The lowest BCUT2D eigenvalue weighted by molar-refractivity contribution is -0.0182. The Balaban J connectivity index is 2.21. The predicted molar refractivity (Wildman–Crippen MR) is 79.1 cm³/mol. The first-order chi connectivity index (χ1) is 8.57. The van der Waals surface area contributed by atoms with Crippen LogP contribution in [0.5, 0.6) is 0 Å². The van der Waals surface area contributed by atoms with Gasteiger partial charge in [0.15, 0.2) is 0 Å². The number of nitrogens with zero attached hydrogens (tertiary/aromatic N) is 1. The van der Waals surface area contributed by atoms with Gasteiger partial charge in [-0.1, -0.05) is 13.8 Å². The smallest absolute Gasteiger partial charge is 0.0590 e. The SMILES string of the molecule is COCCN(C1CC1)C1(CN)CSCCC1(C)C. The fourth-order valence-corrected chi connectivity index (χ4v) is 5.05. The van der Waals surface area contributed by atoms with Gasteiger partial charge in [0.1, 0.15) is 0 Å². The van der Waals surface area contributed by atoms with Crippen LogP contribution in [0, 0.1) is 5.41 Å². The summed E-state index contributed by atoms with van der Waals surface area (Å²) >= 11 is 2.07. The van der Waals surface area contributed by atoms with E-state index in [4.69, 9.17) is 10.5 Å². The molecule has 1 saturated carbocycles. The van der Waals surface area contributed by atoms with Crippen molar-refractivity contribution in [3.63, 3.8) is 0 Å². The van der Waals surface area contributed by atoms with E-state index < -0.39 is 0 Å². The third-order valence-corrected chi connectivity index (χ3v) is 6.06. The van der Waals surface area contributed by atoms with Crippen molar-refractivity contribution in [2.24, 2.45) is 11.1 Å². The Morgan fingerprint density at radius 1 is 1.39 bits per heavy atom. The van der Waals surface area contributed by atoms with E-state index in [-0.39, 0.29) is 5.54 Å². The quantitative estimate of drug-likeness (QED) is 0.802. The highest BCUT2D eigenvalue weighted by Crippen LogP contribution is 2.48. The number of hydrogen-bond donors (Lipinski definition) is 1. The molecule has 0 aromatic heterocycles. The lowest BCUT2D eigenvalue weighted by Gasteiger charge is -2.56. The zero-order valence-electron chi connectivity index (χ0n) is 12.1. The molecule has 106 valence electrons. The Morgan fingerprint density at radius 3 is 2.61 bits per heavy atom. The maximum Gasteiger partial charge on any atom is 0.0590 e. The molecule has 3 nitrogen and oxygen atoms in total. The fraction of sp³-hybridized carbons (Fsp3) is 1.00. The third-order valence-electron chi connectivity index (χ3n) is 4.88. The van der Waals surface area contributed by atoms with Crippen molar-refractivity contribution in [2.75, 3.05) is 38.3 Å². The van der Waals surface area contributed by atoms with Gasteiger partial charge < -0.3 is 10.5 Å². The van der Waals surface area contributed by atoms with Crippen molar-refractivity contribution < 1.29 is 4.74 Å². The first-order valence-electron chi connectivity index (χ1n) is 7.11. The van der Waals surface area contributed by atoms with Gasteiger partial charge in [-0.25, -0.2) is 0 Å². The molecule has 2 N–H and O–H groups in total.